The zero-order valence-corrected chi connectivity index (χ0v) is 9.75. The third kappa shape index (κ3) is 3.38. The second-order valence-electron chi connectivity index (χ2n) is 4.46. The molecule has 0 saturated heterocycles. The third-order valence-corrected chi connectivity index (χ3v) is 1.80. The van der Waals surface area contributed by atoms with Gasteiger partial charge in [-0.3, -0.25) is 15.4 Å². The average Bonchev–Trinajstić information content (AvgIpc) is 2.49. The first kappa shape index (κ1) is 12.2. The van der Waals surface area contributed by atoms with Crippen molar-refractivity contribution >= 4 is 17.8 Å². The largest absolute Gasteiger partial charge is 0.338 e. The summed E-state index contributed by atoms with van der Waals surface area (Å²) >= 11 is 0. The number of urea groups is 1. The van der Waals surface area contributed by atoms with Gasteiger partial charge in [-0.15, -0.1) is 0 Å². The standard InChI is InChI=1S/C10H15N3O3/c1-6(14)11-9(15)12-8-5-7(13-16-8)10(2,3)4/h5H,1-4H3,(H2,11,12,14,15). The van der Waals surface area contributed by atoms with Gasteiger partial charge < -0.3 is 4.52 Å². The fraction of sp³-hybridized carbons (Fsp3) is 0.500. The van der Waals surface area contributed by atoms with Crippen molar-refractivity contribution in [3.63, 3.8) is 0 Å². The fourth-order valence-electron chi connectivity index (χ4n) is 0.991. The van der Waals surface area contributed by atoms with Gasteiger partial charge in [0.2, 0.25) is 11.8 Å². The molecule has 0 fully saturated rings. The maximum absolute atomic E-state index is 11.2. The number of hydrogen-bond acceptors (Lipinski definition) is 4. The number of imide groups is 1. The number of hydrogen-bond donors (Lipinski definition) is 2. The average molecular weight is 225 g/mol. The molecule has 16 heavy (non-hydrogen) atoms. The highest BCUT2D eigenvalue weighted by Gasteiger charge is 2.19. The molecule has 1 aromatic heterocycles. The molecule has 6 heteroatoms. The lowest BCUT2D eigenvalue weighted by Crippen LogP contribution is -2.32. The number of aromatic nitrogens is 1. The fourth-order valence-corrected chi connectivity index (χ4v) is 0.991. The monoisotopic (exact) mass is 225 g/mol. The van der Waals surface area contributed by atoms with E-state index >= 15 is 0 Å². The summed E-state index contributed by atoms with van der Waals surface area (Å²) in [5.74, 6) is -0.225. The van der Waals surface area contributed by atoms with Crippen LogP contribution in [0.4, 0.5) is 10.7 Å². The number of rotatable bonds is 1. The predicted molar refractivity (Wildman–Crippen MR) is 58.0 cm³/mol. The molecule has 0 aromatic carbocycles. The summed E-state index contributed by atoms with van der Waals surface area (Å²) in [6, 6.07) is 0.990. The Kier molecular flexibility index (Phi) is 3.31. The van der Waals surface area contributed by atoms with Crippen LogP contribution >= 0.6 is 0 Å². The quantitative estimate of drug-likeness (QED) is 0.760. The highest BCUT2D eigenvalue weighted by molar-refractivity contribution is 5.99. The van der Waals surface area contributed by atoms with Crippen LogP contribution in [-0.2, 0) is 10.2 Å². The zero-order valence-electron chi connectivity index (χ0n) is 9.75. The van der Waals surface area contributed by atoms with Crippen LogP contribution < -0.4 is 10.6 Å². The summed E-state index contributed by atoms with van der Waals surface area (Å²) in [4.78, 5) is 21.7. The number of anilines is 1. The lowest BCUT2D eigenvalue weighted by molar-refractivity contribution is -0.117. The van der Waals surface area contributed by atoms with Crippen molar-refractivity contribution in [3.05, 3.63) is 11.8 Å². The van der Waals surface area contributed by atoms with Gasteiger partial charge in [0.25, 0.3) is 0 Å². The van der Waals surface area contributed by atoms with Crippen molar-refractivity contribution in [3.8, 4) is 0 Å². The van der Waals surface area contributed by atoms with Gasteiger partial charge in [-0.1, -0.05) is 25.9 Å². The van der Waals surface area contributed by atoms with Crippen molar-refractivity contribution < 1.29 is 14.1 Å². The van der Waals surface area contributed by atoms with E-state index in [9.17, 15) is 9.59 Å². The van der Waals surface area contributed by atoms with E-state index in [4.69, 9.17) is 4.52 Å². The van der Waals surface area contributed by atoms with E-state index in [0.29, 0.717) is 0 Å². The number of carbonyl (C=O) groups is 2. The van der Waals surface area contributed by atoms with E-state index in [-0.39, 0.29) is 11.3 Å². The van der Waals surface area contributed by atoms with Crippen LogP contribution in [0, 0.1) is 0 Å². The van der Waals surface area contributed by atoms with Crippen LogP contribution in [0.1, 0.15) is 33.4 Å². The predicted octanol–water partition coefficient (Wildman–Crippen LogP) is 1.64. The molecule has 0 aliphatic carbocycles. The highest BCUT2D eigenvalue weighted by atomic mass is 16.5. The lowest BCUT2D eigenvalue weighted by Gasteiger charge is -2.12. The molecule has 6 nitrogen and oxygen atoms in total. The summed E-state index contributed by atoms with van der Waals surface area (Å²) in [7, 11) is 0. The molecule has 1 aromatic rings. The Morgan fingerprint density at radius 2 is 2.00 bits per heavy atom. The lowest BCUT2D eigenvalue weighted by atomic mass is 9.92. The first-order valence-electron chi connectivity index (χ1n) is 4.85. The molecule has 1 rings (SSSR count). The van der Waals surface area contributed by atoms with Gasteiger partial charge in [0, 0.05) is 18.4 Å². The van der Waals surface area contributed by atoms with Crippen LogP contribution in [0.5, 0.6) is 0 Å². The summed E-state index contributed by atoms with van der Waals surface area (Å²) in [5, 5.41) is 8.25. The molecule has 1 heterocycles. The Morgan fingerprint density at radius 1 is 1.38 bits per heavy atom. The molecule has 88 valence electrons. The van der Waals surface area contributed by atoms with Crippen molar-refractivity contribution in [2.45, 2.75) is 33.1 Å². The Labute approximate surface area is 93.4 Å². The number of nitrogens with zero attached hydrogens (tertiary/aromatic N) is 1. The number of carbonyl (C=O) groups excluding carboxylic acids is 2. The van der Waals surface area contributed by atoms with Gasteiger partial charge in [0.1, 0.15) is 0 Å². The van der Waals surface area contributed by atoms with Crippen LogP contribution in [-0.4, -0.2) is 17.1 Å². The Hall–Kier alpha value is -1.85. The first-order chi connectivity index (χ1) is 7.29. The maximum Gasteiger partial charge on any atom is 0.328 e. The van der Waals surface area contributed by atoms with E-state index < -0.39 is 11.9 Å². The van der Waals surface area contributed by atoms with Crippen molar-refractivity contribution in [1.82, 2.24) is 10.5 Å². The molecule has 0 unspecified atom stereocenters. The normalized spacial score (nSPS) is 11.0. The van der Waals surface area contributed by atoms with E-state index in [0.717, 1.165) is 5.69 Å². The molecular weight excluding hydrogens is 210 g/mol. The van der Waals surface area contributed by atoms with E-state index in [1.165, 1.54) is 6.92 Å². The Bertz CT molecular complexity index is 404. The van der Waals surface area contributed by atoms with Crippen LogP contribution in [0.25, 0.3) is 0 Å². The Morgan fingerprint density at radius 3 is 2.44 bits per heavy atom. The maximum atomic E-state index is 11.2. The minimum absolute atomic E-state index is 0.152. The van der Waals surface area contributed by atoms with Crippen molar-refractivity contribution in [2.75, 3.05) is 5.32 Å². The molecule has 0 atom stereocenters. The van der Waals surface area contributed by atoms with Gasteiger partial charge in [0.15, 0.2) is 0 Å². The second kappa shape index (κ2) is 4.34. The minimum atomic E-state index is -0.635. The van der Waals surface area contributed by atoms with Gasteiger partial charge in [-0.05, 0) is 0 Å². The molecule has 0 spiro atoms. The molecule has 0 radical (unpaired) electrons. The van der Waals surface area contributed by atoms with E-state index in [1.807, 2.05) is 20.8 Å². The highest BCUT2D eigenvalue weighted by Crippen LogP contribution is 2.23. The van der Waals surface area contributed by atoms with Gasteiger partial charge in [0.05, 0.1) is 5.69 Å². The molecule has 0 saturated carbocycles. The van der Waals surface area contributed by atoms with Crippen LogP contribution in [0.3, 0.4) is 0 Å². The smallest absolute Gasteiger partial charge is 0.328 e. The number of nitrogens with one attached hydrogen (secondary N) is 2. The summed E-state index contributed by atoms with van der Waals surface area (Å²) in [6.07, 6.45) is 0. The topological polar surface area (TPSA) is 84.2 Å². The van der Waals surface area contributed by atoms with Gasteiger partial charge >= 0.3 is 6.03 Å². The van der Waals surface area contributed by atoms with Crippen LogP contribution in [0.15, 0.2) is 10.6 Å². The molecule has 0 bridgehead atoms. The van der Waals surface area contributed by atoms with Gasteiger partial charge in [-0.25, -0.2) is 4.79 Å². The van der Waals surface area contributed by atoms with Gasteiger partial charge in [-0.2, -0.15) is 0 Å². The van der Waals surface area contributed by atoms with Crippen LogP contribution in [0.2, 0.25) is 0 Å². The SMILES string of the molecule is CC(=O)NC(=O)Nc1cc(C(C)(C)C)no1. The third-order valence-electron chi connectivity index (χ3n) is 1.80. The zero-order chi connectivity index (χ0) is 12.3. The van der Waals surface area contributed by atoms with E-state index in [2.05, 4.69) is 15.8 Å². The van der Waals surface area contributed by atoms with Crippen molar-refractivity contribution in [2.24, 2.45) is 0 Å². The molecule has 0 aliphatic heterocycles. The summed E-state index contributed by atoms with van der Waals surface area (Å²) in [5.41, 5.74) is 0.575. The molecule has 2 N–H and O–H groups in total. The second-order valence-corrected chi connectivity index (χ2v) is 4.46. The Balaban J connectivity index is 2.66. The summed E-state index contributed by atoms with van der Waals surface area (Å²) in [6.45, 7) is 7.18. The molecular formula is C10H15N3O3. The van der Waals surface area contributed by atoms with E-state index in [1.54, 1.807) is 6.07 Å². The number of amides is 3. The van der Waals surface area contributed by atoms with Crippen molar-refractivity contribution in [1.29, 1.82) is 0 Å². The summed E-state index contributed by atoms with van der Waals surface area (Å²) < 4.78 is 4.91. The first-order valence-corrected chi connectivity index (χ1v) is 4.85. The molecule has 0 aliphatic rings. The minimum Gasteiger partial charge on any atom is -0.338 e. The molecule has 3 amide bonds.